The first kappa shape index (κ1) is 11.7. The van der Waals surface area contributed by atoms with Gasteiger partial charge in [0.15, 0.2) is 0 Å². The molecule has 17 heavy (non-hydrogen) atoms. The Balaban J connectivity index is 2.07. The number of hydrogen-bond donors (Lipinski definition) is 1. The molecule has 1 aromatic heterocycles. The molecule has 2 rings (SSSR count). The molecule has 0 unspecified atom stereocenters. The summed E-state index contributed by atoms with van der Waals surface area (Å²) < 4.78 is 0. The van der Waals surface area contributed by atoms with E-state index < -0.39 is 0 Å². The van der Waals surface area contributed by atoms with E-state index in [1.807, 2.05) is 16.8 Å². The van der Waals surface area contributed by atoms with Crippen LogP contribution < -0.4 is 5.73 Å². The van der Waals surface area contributed by atoms with Crippen LogP contribution in [0.2, 0.25) is 0 Å². The predicted octanol–water partition coefficient (Wildman–Crippen LogP) is 2.60. The van der Waals surface area contributed by atoms with Crippen molar-refractivity contribution >= 4 is 22.9 Å². The minimum atomic E-state index is 0.0104. The number of nitrogen functional groups attached to an aromatic ring is 1. The van der Waals surface area contributed by atoms with Gasteiger partial charge in [0.1, 0.15) is 0 Å². The molecule has 0 aliphatic carbocycles. The van der Waals surface area contributed by atoms with Crippen molar-refractivity contribution in [1.82, 2.24) is 4.90 Å². The number of rotatable bonds is 3. The first-order valence-electron chi connectivity index (χ1n) is 5.29. The molecule has 88 valence electrons. The van der Waals surface area contributed by atoms with E-state index in [4.69, 9.17) is 5.73 Å². The number of hydrogen-bond acceptors (Lipinski definition) is 3. The van der Waals surface area contributed by atoms with Crippen LogP contribution in [-0.4, -0.2) is 17.9 Å². The summed E-state index contributed by atoms with van der Waals surface area (Å²) in [6.07, 6.45) is 0. The minimum absolute atomic E-state index is 0.0104. The highest BCUT2D eigenvalue weighted by molar-refractivity contribution is 7.07. The Morgan fingerprint density at radius 2 is 2.00 bits per heavy atom. The maximum Gasteiger partial charge on any atom is 0.253 e. The van der Waals surface area contributed by atoms with Crippen molar-refractivity contribution < 1.29 is 4.79 Å². The molecule has 1 amide bonds. The van der Waals surface area contributed by atoms with Gasteiger partial charge in [0.2, 0.25) is 0 Å². The van der Waals surface area contributed by atoms with Crippen molar-refractivity contribution in [1.29, 1.82) is 0 Å². The summed E-state index contributed by atoms with van der Waals surface area (Å²) in [7, 11) is 1.80. The molecular formula is C13H14N2OS. The van der Waals surface area contributed by atoms with Gasteiger partial charge in [0.05, 0.1) is 0 Å². The lowest BCUT2D eigenvalue weighted by Gasteiger charge is -2.16. The van der Waals surface area contributed by atoms with E-state index in [0.29, 0.717) is 17.8 Å². The van der Waals surface area contributed by atoms with Crippen LogP contribution in [0.1, 0.15) is 15.9 Å². The largest absolute Gasteiger partial charge is 0.399 e. The van der Waals surface area contributed by atoms with Gasteiger partial charge in [-0.15, -0.1) is 0 Å². The maximum atomic E-state index is 12.1. The molecular weight excluding hydrogens is 232 g/mol. The lowest BCUT2D eigenvalue weighted by molar-refractivity contribution is 0.0785. The van der Waals surface area contributed by atoms with E-state index in [2.05, 4.69) is 0 Å². The SMILES string of the molecule is CN(Cc1ccsc1)C(=O)c1ccc(N)cc1. The predicted molar refractivity (Wildman–Crippen MR) is 71.0 cm³/mol. The van der Waals surface area contributed by atoms with Crippen LogP contribution in [-0.2, 0) is 6.54 Å². The number of carbonyl (C=O) groups is 1. The Kier molecular flexibility index (Phi) is 3.44. The Morgan fingerprint density at radius 1 is 1.29 bits per heavy atom. The first-order chi connectivity index (χ1) is 8.16. The van der Waals surface area contributed by atoms with E-state index in [9.17, 15) is 4.79 Å². The average Bonchev–Trinajstić information content (AvgIpc) is 2.82. The van der Waals surface area contributed by atoms with Gasteiger partial charge in [-0.2, -0.15) is 11.3 Å². The van der Waals surface area contributed by atoms with Crippen molar-refractivity contribution in [3.05, 3.63) is 52.2 Å². The molecule has 2 aromatic rings. The number of benzene rings is 1. The Labute approximate surface area is 104 Å². The van der Waals surface area contributed by atoms with Gasteiger partial charge in [0.25, 0.3) is 5.91 Å². The smallest absolute Gasteiger partial charge is 0.253 e. The fourth-order valence-electron chi connectivity index (χ4n) is 1.57. The van der Waals surface area contributed by atoms with E-state index in [0.717, 1.165) is 5.56 Å². The van der Waals surface area contributed by atoms with Crippen molar-refractivity contribution in [2.24, 2.45) is 0 Å². The number of amides is 1. The monoisotopic (exact) mass is 246 g/mol. The molecule has 0 spiro atoms. The first-order valence-corrected chi connectivity index (χ1v) is 6.23. The van der Waals surface area contributed by atoms with E-state index in [1.54, 1.807) is 47.5 Å². The second-order valence-electron chi connectivity index (χ2n) is 3.91. The van der Waals surface area contributed by atoms with Crippen LogP contribution in [0, 0.1) is 0 Å². The number of carbonyl (C=O) groups excluding carboxylic acids is 1. The summed E-state index contributed by atoms with van der Waals surface area (Å²) in [5.74, 6) is 0.0104. The molecule has 0 aliphatic heterocycles. The zero-order valence-corrected chi connectivity index (χ0v) is 10.4. The van der Waals surface area contributed by atoms with E-state index in [-0.39, 0.29) is 5.91 Å². The van der Waals surface area contributed by atoms with Gasteiger partial charge in [-0.3, -0.25) is 4.79 Å². The van der Waals surface area contributed by atoms with Gasteiger partial charge in [-0.05, 0) is 46.7 Å². The summed E-state index contributed by atoms with van der Waals surface area (Å²) in [6.45, 7) is 0.632. The standard InChI is InChI=1S/C13H14N2OS/c1-15(8-10-6-7-17-9-10)13(16)11-2-4-12(14)5-3-11/h2-7,9H,8,14H2,1H3. The third-order valence-corrected chi connectivity index (χ3v) is 3.24. The molecule has 1 aromatic carbocycles. The molecule has 1 heterocycles. The molecule has 4 heteroatoms. The summed E-state index contributed by atoms with van der Waals surface area (Å²) in [5.41, 5.74) is 8.08. The molecule has 0 radical (unpaired) electrons. The Morgan fingerprint density at radius 3 is 2.59 bits per heavy atom. The molecule has 0 aliphatic rings. The van der Waals surface area contributed by atoms with Crippen molar-refractivity contribution in [2.45, 2.75) is 6.54 Å². The van der Waals surface area contributed by atoms with Gasteiger partial charge in [-0.25, -0.2) is 0 Å². The second kappa shape index (κ2) is 5.01. The molecule has 0 saturated carbocycles. The molecule has 0 saturated heterocycles. The lowest BCUT2D eigenvalue weighted by atomic mass is 10.2. The highest BCUT2D eigenvalue weighted by Crippen LogP contribution is 2.12. The molecule has 0 bridgehead atoms. The summed E-state index contributed by atoms with van der Waals surface area (Å²) in [6, 6.07) is 9.01. The summed E-state index contributed by atoms with van der Waals surface area (Å²) >= 11 is 1.64. The van der Waals surface area contributed by atoms with Gasteiger partial charge < -0.3 is 10.6 Å². The van der Waals surface area contributed by atoms with Crippen molar-refractivity contribution in [3.63, 3.8) is 0 Å². The fourth-order valence-corrected chi connectivity index (χ4v) is 2.23. The quantitative estimate of drug-likeness (QED) is 0.846. The number of nitrogens with two attached hydrogens (primary N) is 1. The molecule has 2 N–H and O–H groups in total. The van der Waals surface area contributed by atoms with Gasteiger partial charge in [-0.1, -0.05) is 0 Å². The lowest BCUT2D eigenvalue weighted by Crippen LogP contribution is -2.25. The third kappa shape index (κ3) is 2.85. The normalized spacial score (nSPS) is 10.2. The third-order valence-electron chi connectivity index (χ3n) is 2.50. The minimum Gasteiger partial charge on any atom is -0.399 e. The molecule has 3 nitrogen and oxygen atoms in total. The fraction of sp³-hybridized carbons (Fsp3) is 0.154. The van der Waals surface area contributed by atoms with Crippen LogP contribution >= 0.6 is 11.3 Å². The van der Waals surface area contributed by atoms with E-state index >= 15 is 0 Å². The molecule has 0 fully saturated rings. The zero-order valence-electron chi connectivity index (χ0n) is 9.59. The highest BCUT2D eigenvalue weighted by atomic mass is 32.1. The van der Waals surface area contributed by atoms with E-state index in [1.165, 1.54) is 0 Å². The maximum absolute atomic E-state index is 12.1. The Bertz CT molecular complexity index is 491. The summed E-state index contributed by atoms with van der Waals surface area (Å²) in [5, 5.41) is 4.06. The highest BCUT2D eigenvalue weighted by Gasteiger charge is 2.11. The number of anilines is 1. The number of thiophene rings is 1. The number of nitrogens with zero attached hydrogens (tertiary/aromatic N) is 1. The van der Waals surface area contributed by atoms with Crippen LogP contribution in [0.15, 0.2) is 41.1 Å². The van der Waals surface area contributed by atoms with Crippen molar-refractivity contribution in [3.8, 4) is 0 Å². The second-order valence-corrected chi connectivity index (χ2v) is 4.69. The zero-order chi connectivity index (χ0) is 12.3. The van der Waals surface area contributed by atoms with Crippen LogP contribution in [0.5, 0.6) is 0 Å². The van der Waals surface area contributed by atoms with Crippen LogP contribution in [0.4, 0.5) is 5.69 Å². The van der Waals surface area contributed by atoms with Gasteiger partial charge >= 0.3 is 0 Å². The Hall–Kier alpha value is -1.81. The van der Waals surface area contributed by atoms with Crippen LogP contribution in [0.25, 0.3) is 0 Å². The van der Waals surface area contributed by atoms with Gasteiger partial charge in [0, 0.05) is 24.8 Å². The van der Waals surface area contributed by atoms with Crippen molar-refractivity contribution in [2.75, 3.05) is 12.8 Å². The topological polar surface area (TPSA) is 46.3 Å². The summed E-state index contributed by atoms with van der Waals surface area (Å²) in [4.78, 5) is 13.8. The average molecular weight is 246 g/mol. The van der Waals surface area contributed by atoms with Crippen LogP contribution in [0.3, 0.4) is 0 Å². The molecule has 0 atom stereocenters.